The molecule has 1 aromatic heterocycles. The number of benzene rings is 2. The summed E-state index contributed by atoms with van der Waals surface area (Å²) in [6.07, 6.45) is 0.907. The first kappa shape index (κ1) is 17.5. The number of hydrogen-bond donors (Lipinski definition) is 3. The van der Waals surface area contributed by atoms with Crippen LogP contribution in [0.1, 0.15) is 40.3 Å². The van der Waals surface area contributed by atoms with Crippen LogP contribution in [0.3, 0.4) is 0 Å². The zero-order valence-electron chi connectivity index (χ0n) is 14.8. The van der Waals surface area contributed by atoms with Gasteiger partial charge in [-0.05, 0) is 49.2 Å². The lowest BCUT2D eigenvalue weighted by molar-refractivity contribution is 0.0844. The number of H-pyrrole nitrogens is 1. The molecule has 0 aliphatic rings. The number of aromatic nitrogens is 1. The highest BCUT2D eigenvalue weighted by atomic mass is 16.5. The lowest BCUT2D eigenvalue weighted by atomic mass is 10.1. The molecule has 0 spiro atoms. The highest BCUT2D eigenvalue weighted by molar-refractivity contribution is 6.01. The Hall–Kier alpha value is -3.28. The fraction of sp³-hybridized carbons (Fsp3) is 0.200. The first-order chi connectivity index (χ1) is 12.6. The molecule has 3 N–H and O–H groups in total. The minimum atomic E-state index is -0.419. The second kappa shape index (κ2) is 7.74. The fourth-order valence-electron chi connectivity index (χ4n) is 2.63. The number of aromatic amines is 1. The third-order valence-corrected chi connectivity index (χ3v) is 4.06. The van der Waals surface area contributed by atoms with Crippen molar-refractivity contribution in [3.63, 3.8) is 0 Å². The molecule has 0 saturated heterocycles. The molecule has 0 atom stereocenters. The van der Waals surface area contributed by atoms with E-state index in [4.69, 9.17) is 4.74 Å². The Morgan fingerprint density at radius 2 is 1.69 bits per heavy atom. The lowest BCUT2D eigenvalue weighted by Gasteiger charge is -2.07. The van der Waals surface area contributed by atoms with Crippen LogP contribution in [0, 0.1) is 0 Å². The van der Waals surface area contributed by atoms with Crippen LogP contribution in [0.4, 0.5) is 0 Å². The summed E-state index contributed by atoms with van der Waals surface area (Å²) < 4.78 is 5.45. The number of carbonyl (C=O) groups excluding carboxylic acids is 2. The van der Waals surface area contributed by atoms with Crippen LogP contribution in [-0.4, -0.2) is 23.4 Å². The number of amides is 2. The summed E-state index contributed by atoms with van der Waals surface area (Å²) in [7, 11) is 0. The minimum absolute atomic E-state index is 0.357. The van der Waals surface area contributed by atoms with Crippen LogP contribution >= 0.6 is 0 Å². The van der Waals surface area contributed by atoms with Gasteiger partial charge in [-0.15, -0.1) is 0 Å². The summed E-state index contributed by atoms with van der Waals surface area (Å²) in [5.41, 5.74) is 7.64. The Labute approximate surface area is 151 Å². The standard InChI is InChI=1S/C20H21N3O3/c1-3-13-5-7-14(8-6-13)19(24)22-23-20(25)18-11-15-9-10-16(26-4-2)12-17(15)21-18/h5-12,21H,3-4H2,1-2H3,(H,22,24)(H,23,25). The minimum Gasteiger partial charge on any atom is -0.494 e. The molecule has 6 nitrogen and oxygen atoms in total. The molecule has 0 bridgehead atoms. The summed E-state index contributed by atoms with van der Waals surface area (Å²) in [5.74, 6) is -0.0499. The van der Waals surface area contributed by atoms with Gasteiger partial charge in [-0.1, -0.05) is 19.1 Å². The van der Waals surface area contributed by atoms with Crippen molar-refractivity contribution >= 4 is 22.7 Å². The molecule has 0 saturated carbocycles. The van der Waals surface area contributed by atoms with Gasteiger partial charge in [0.25, 0.3) is 11.8 Å². The number of carbonyl (C=O) groups is 2. The van der Waals surface area contributed by atoms with Crippen LogP contribution in [0.5, 0.6) is 5.75 Å². The quantitative estimate of drug-likeness (QED) is 0.617. The van der Waals surface area contributed by atoms with Crippen LogP contribution in [-0.2, 0) is 6.42 Å². The number of hydrogen-bond acceptors (Lipinski definition) is 3. The van der Waals surface area contributed by atoms with Gasteiger partial charge in [0, 0.05) is 22.5 Å². The summed E-state index contributed by atoms with van der Waals surface area (Å²) in [5, 5.41) is 0.889. The number of aryl methyl sites for hydroxylation is 1. The lowest BCUT2D eigenvalue weighted by Crippen LogP contribution is -2.41. The second-order valence-electron chi connectivity index (χ2n) is 5.82. The van der Waals surface area contributed by atoms with Crippen LogP contribution in [0.25, 0.3) is 10.9 Å². The summed E-state index contributed by atoms with van der Waals surface area (Å²) in [6, 6.07) is 14.5. The SMILES string of the molecule is CCOc1ccc2cc(C(=O)NNC(=O)c3ccc(CC)cc3)[nH]c2c1. The maximum atomic E-state index is 12.3. The van der Waals surface area contributed by atoms with Crippen molar-refractivity contribution in [3.05, 3.63) is 65.4 Å². The first-order valence-corrected chi connectivity index (χ1v) is 8.56. The predicted molar refractivity (Wildman–Crippen MR) is 100 cm³/mol. The average molecular weight is 351 g/mol. The van der Waals surface area contributed by atoms with Crippen molar-refractivity contribution in [3.8, 4) is 5.75 Å². The molecule has 26 heavy (non-hydrogen) atoms. The van der Waals surface area contributed by atoms with E-state index in [-0.39, 0.29) is 5.91 Å². The Kier molecular flexibility index (Phi) is 5.22. The molecule has 3 rings (SSSR count). The highest BCUT2D eigenvalue weighted by Crippen LogP contribution is 2.21. The van der Waals surface area contributed by atoms with E-state index in [2.05, 4.69) is 15.8 Å². The van der Waals surface area contributed by atoms with Gasteiger partial charge in [0.2, 0.25) is 0 Å². The molecule has 0 aliphatic carbocycles. The maximum Gasteiger partial charge on any atom is 0.286 e. The van der Waals surface area contributed by atoms with E-state index < -0.39 is 5.91 Å². The number of fused-ring (bicyclic) bond motifs is 1. The van der Waals surface area contributed by atoms with Crippen LogP contribution in [0.2, 0.25) is 0 Å². The molecule has 0 fully saturated rings. The second-order valence-corrected chi connectivity index (χ2v) is 5.82. The summed E-state index contributed by atoms with van der Waals surface area (Å²) >= 11 is 0. The van der Waals surface area contributed by atoms with Crippen molar-refractivity contribution in [2.45, 2.75) is 20.3 Å². The highest BCUT2D eigenvalue weighted by Gasteiger charge is 2.12. The van der Waals surface area contributed by atoms with Gasteiger partial charge >= 0.3 is 0 Å². The molecule has 0 aliphatic heterocycles. The van der Waals surface area contributed by atoms with Crippen molar-refractivity contribution < 1.29 is 14.3 Å². The Bertz CT molecular complexity index is 929. The van der Waals surface area contributed by atoms with E-state index in [9.17, 15) is 9.59 Å². The number of hydrazine groups is 1. The van der Waals surface area contributed by atoms with Crippen molar-refractivity contribution in [2.75, 3.05) is 6.61 Å². The van der Waals surface area contributed by atoms with E-state index in [0.29, 0.717) is 17.9 Å². The van der Waals surface area contributed by atoms with Gasteiger partial charge in [-0.3, -0.25) is 20.4 Å². The monoisotopic (exact) mass is 351 g/mol. The molecule has 2 aromatic carbocycles. The maximum absolute atomic E-state index is 12.3. The van der Waals surface area contributed by atoms with Gasteiger partial charge in [-0.2, -0.15) is 0 Å². The third-order valence-electron chi connectivity index (χ3n) is 4.06. The Balaban J connectivity index is 1.65. The van der Waals surface area contributed by atoms with Crippen LogP contribution in [0.15, 0.2) is 48.5 Å². The molecular formula is C20H21N3O3. The summed E-state index contributed by atoms with van der Waals surface area (Å²) in [4.78, 5) is 27.4. The number of rotatable bonds is 5. The molecule has 1 heterocycles. The van der Waals surface area contributed by atoms with Gasteiger partial charge < -0.3 is 9.72 Å². The van der Waals surface area contributed by atoms with E-state index in [1.807, 2.05) is 44.2 Å². The molecule has 0 radical (unpaired) electrons. The smallest absolute Gasteiger partial charge is 0.286 e. The van der Waals surface area contributed by atoms with Crippen molar-refractivity contribution in [1.29, 1.82) is 0 Å². The van der Waals surface area contributed by atoms with E-state index in [1.54, 1.807) is 18.2 Å². The Morgan fingerprint density at radius 3 is 2.38 bits per heavy atom. The normalized spacial score (nSPS) is 10.5. The zero-order valence-corrected chi connectivity index (χ0v) is 14.8. The molecule has 134 valence electrons. The van der Waals surface area contributed by atoms with Gasteiger partial charge in [0.1, 0.15) is 11.4 Å². The third kappa shape index (κ3) is 3.85. The van der Waals surface area contributed by atoms with E-state index in [1.165, 1.54) is 0 Å². The van der Waals surface area contributed by atoms with Gasteiger partial charge in [0.05, 0.1) is 6.61 Å². The number of nitrogens with one attached hydrogen (secondary N) is 3. The van der Waals surface area contributed by atoms with Crippen LogP contribution < -0.4 is 15.6 Å². The summed E-state index contributed by atoms with van der Waals surface area (Å²) in [6.45, 7) is 4.54. The van der Waals surface area contributed by atoms with E-state index >= 15 is 0 Å². The van der Waals surface area contributed by atoms with Crippen molar-refractivity contribution in [1.82, 2.24) is 15.8 Å². The van der Waals surface area contributed by atoms with Gasteiger partial charge in [0.15, 0.2) is 0 Å². The fourth-order valence-corrected chi connectivity index (χ4v) is 2.63. The molecular weight excluding hydrogens is 330 g/mol. The molecule has 3 aromatic rings. The number of ether oxygens (including phenoxy) is 1. The van der Waals surface area contributed by atoms with Crippen molar-refractivity contribution in [2.24, 2.45) is 0 Å². The molecule has 6 heteroatoms. The Morgan fingerprint density at radius 1 is 0.962 bits per heavy atom. The molecule has 0 unspecified atom stereocenters. The van der Waals surface area contributed by atoms with Gasteiger partial charge in [-0.25, -0.2) is 0 Å². The average Bonchev–Trinajstić information content (AvgIpc) is 3.09. The topological polar surface area (TPSA) is 83.2 Å². The molecule has 2 amide bonds. The zero-order chi connectivity index (χ0) is 18.5. The van der Waals surface area contributed by atoms with E-state index in [0.717, 1.165) is 28.6 Å². The predicted octanol–water partition coefficient (Wildman–Crippen LogP) is 3.20. The first-order valence-electron chi connectivity index (χ1n) is 8.56. The largest absolute Gasteiger partial charge is 0.494 e.